The fourth-order valence-electron chi connectivity index (χ4n) is 3.20. The second kappa shape index (κ2) is 8.50. The minimum absolute atomic E-state index is 0.0800. The van der Waals surface area contributed by atoms with Gasteiger partial charge in [0, 0.05) is 13.1 Å². The molecule has 0 aliphatic carbocycles. The van der Waals surface area contributed by atoms with Gasteiger partial charge < -0.3 is 14.8 Å². The van der Waals surface area contributed by atoms with Gasteiger partial charge in [0.15, 0.2) is 11.5 Å². The van der Waals surface area contributed by atoms with Crippen LogP contribution in [-0.4, -0.2) is 45.9 Å². The van der Waals surface area contributed by atoms with E-state index in [9.17, 15) is 13.2 Å². The van der Waals surface area contributed by atoms with E-state index in [1.54, 1.807) is 31.7 Å². The summed E-state index contributed by atoms with van der Waals surface area (Å²) in [6, 6.07) is 6.57. The van der Waals surface area contributed by atoms with Gasteiger partial charge in [-0.05, 0) is 48.9 Å². The average Bonchev–Trinajstić information content (AvgIpc) is 3.39. The Bertz CT molecular complexity index is 949. The summed E-state index contributed by atoms with van der Waals surface area (Å²) in [6.45, 7) is 2.84. The highest BCUT2D eigenvalue weighted by molar-refractivity contribution is 7.89. The van der Waals surface area contributed by atoms with Gasteiger partial charge in [-0.15, -0.1) is 11.3 Å². The summed E-state index contributed by atoms with van der Waals surface area (Å²) in [6.07, 6.45) is 1.70. The van der Waals surface area contributed by atoms with Crippen molar-refractivity contribution in [1.29, 1.82) is 0 Å². The van der Waals surface area contributed by atoms with Crippen LogP contribution in [0, 0.1) is 0 Å². The minimum Gasteiger partial charge on any atom is -0.493 e. The van der Waals surface area contributed by atoms with E-state index in [2.05, 4.69) is 5.32 Å². The number of nitrogens with zero attached hydrogens (tertiary/aromatic N) is 1. The van der Waals surface area contributed by atoms with E-state index in [0.717, 1.165) is 29.7 Å². The van der Waals surface area contributed by atoms with E-state index >= 15 is 0 Å². The van der Waals surface area contributed by atoms with Crippen LogP contribution in [0.2, 0.25) is 0 Å². The molecule has 1 N–H and O–H groups in total. The lowest BCUT2D eigenvalue weighted by Gasteiger charge is -2.18. The predicted molar refractivity (Wildman–Crippen MR) is 108 cm³/mol. The zero-order valence-electron chi connectivity index (χ0n) is 16.1. The number of benzene rings is 1. The van der Waals surface area contributed by atoms with Crippen LogP contribution in [0.4, 0.5) is 0 Å². The van der Waals surface area contributed by atoms with Gasteiger partial charge in [0.1, 0.15) is 9.77 Å². The summed E-state index contributed by atoms with van der Waals surface area (Å²) in [5.41, 5.74) is 0.825. The normalized spacial score (nSPS) is 16.0. The Kier molecular flexibility index (Phi) is 6.26. The number of nitrogens with one attached hydrogen (secondary N) is 1. The maximum Gasteiger partial charge on any atom is 0.263 e. The highest BCUT2D eigenvalue weighted by Crippen LogP contribution is 2.31. The molecule has 1 unspecified atom stereocenters. The van der Waals surface area contributed by atoms with Gasteiger partial charge in [0.05, 0.1) is 20.3 Å². The highest BCUT2D eigenvalue weighted by atomic mass is 32.2. The Labute approximate surface area is 169 Å². The first-order valence-electron chi connectivity index (χ1n) is 8.99. The van der Waals surface area contributed by atoms with Gasteiger partial charge in [-0.25, -0.2) is 8.42 Å². The number of hydrogen-bond acceptors (Lipinski definition) is 6. The van der Waals surface area contributed by atoms with Crippen molar-refractivity contribution >= 4 is 27.3 Å². The smallest absolute Gasteiger partial charge is 0.263 e. The van der Waals surface area contributed by atoms with E-state index in [1.807, 2.05) is 13.0 Å². The van der Waals surface area contributed by atoms with E-state index in [4.69, 9.17) is 9.47 Å². The van der Waals surface area contributed by atoms with Crippen molar-refractivity contribution in [2.45, 2.75) is 30.7 Å². The second-order valence-electron chi connectivity index (χ2n) is 6.53. The Morgan fingerprint density at radius 3 is 2.46 bits per heavy atom. The van der Waals surface area contributed by atoms with Gasteiger partial charge in [-0.3, -0.25) is 4.79 Å². The lowest BCUT2D eigenvalue weighted by atomic mass is 10.1. The number of rotatable bonds is 7. The summed E-state index contributed by atoms with van der Waals surface area (Å²) in [7, 11) is -0.540. The third-order valence-electron chi connectivity index (χ3n) is 4.77. The fourth-order valence-corrected chi connectivity index (χ4v) is 6.02. The third kappa shape index (κ3) is 4.01. The zero-order valence-corrected chi connectivity index (χ0v) is 17.7. The number of methoxy groups -OCH3 is 2. The Balaban J connectivity index is 1.80. The minimum atomic E-state index is -3.64. The number of thiophene rings is 1. The molecule has 0 saturated carbocycles. The molecule has 1 aromatic carbocycles. The molecule has 1 aliphatic heterocycles. The standard InChI is InChI=1S/C19H24N2O5S2/c1-13(14-6-7-15(25-2)16(12-14)26-3)20-19(22)18-17(8-11-27-18)28(23,24)21-9-4-5-10-21/h6-8,11-13H,4-5,9-10H2,1-3H3,(H,20,22). The van der Waals surface area contributed by atoms with Crippen molar-refractivity contribution < 1.29 is 22.7 Å². The molecule has 0 spiro atoms. The molecule has 7 nitrogen and oxygen atoms in total. The van der Waals surface area contributed by atoms with Gasteiger partial charge in [0.2, 0.25) is 10.0 Å². The maximum absolute atomic E-state index is 12.9. The van der Waals surface area contributed by atoms with Crippen LogP contribution in [0.25, 0.3) is 0 Å². The molecule has 152 valence electrons. The molecule has 0 bridgehead atoms. The van der Waals surface area contributed by atoms with Crippen molar-refractivity contribution in [3.63, 3.8) is 0 Å². The van der Waals surface area contributed by atoms with Crippen LogP contribution in [0.1, 0.15) is 41.0 Å². The topological polar surface area (TPSA) is 84.9 Å². The van der Waals surface area contributed by atoms with Gasteiger partial charge in [-0.1, -0.05) is 6.07 Å². The summed E-state index contributed by atoms with van der Waals surface area (Å²) in [4.78, 5) is 13.1. The van der Waals surface area contributed by atoms with Crippen LogP contribution >= 0.6 is 11.3 Å². The molecule has 2 aromatic rings. The first-order valence-corrected chi connectivity index (χ1v) is 11.3. The van der Waals surface area contributed by atoms with Crippen LogP contribution in [0.5, 0.6) is 11.5 Å². The predicted octanol–water partition coefficient (Wildman–Crippen LogP) is 3.04. The zero-order chi connectivity index (χ0) is 20.3. The molecule has 28 heavy (non-hydrogen) atoms. The molecule has 0 radical (unpaired) electrons. The van der Waals surface area contributed by atoms with Crippen molar-refractivity contribution in [1.82, 2.24) is 9.62 Å². The van der Waals surface area contributed by atoms with E-state index in [0.29, 0.717) is 24.6 Å². The van der Waals surface area contributed by atoms with Crippen molar-refractivity contribution in [2.24, 2.45) is 0 Å². The number of carbonyl (C=O) groups is 1. The number of carbonyl (C=O) groups excluding carboxylic acids is 1. The third-order valence-corrected chi connectivity index (χ3v) is 7.76. The SMILES string of the molecule is COc1ccc(C(C)NC(=O)c2sccc2S(=O)(=O)N2CCCC2)cc1OC. The number of amides is 1. The molecule has 1 atom stereocenters. The van der Waals surface area contributed by atoms with Crippen LogP contribution in [0.15, 0.2) is 34.5 Å². The van der Waals surface area contributed by atoms with Crippen LogP contribution < -0.4 is 14.8 Å². The summed E-state index contributed by atoms with van der Waals surface area (Å²) in [5, 5.41) is 4.52. The lowest BCUT2D eigenvalue weighted by molar-refractivity contribution is 0.0940. The fraction of sp³-hybridized carbons (Fsp3) is 0.421. The first kappa shape index (κ1) is 20.6. The number of sulfonamides is 1. The maximum atomic E-state index is 12.9. The van der Waals surface area contributed by atoms with Crippen LogP contribution in [0.3, 0.4) is 0 Å². The second-order valence-corrected chi connectivity index (χ2v) is 9.36. The van der Waals surface area contributed by atoms with E-state index in [-0.39, 0.29) is 15.8 Å². The van der Waals surface area contributed by atoms with Crippen LogP contribution in [-0.2, 0) is 10.0 Å². The Morgan fingerprint density at radius 1 is 1.14 bits per heavy atom. The summed E-state index contributed by atoms with van der Waals surface area (Å²) < 4.78 is 37.7. The Morgan fingerprint density at radius 2 is 1.82 bits per heavy atom. The summed E-state index contributed by atoms with van der Waals surface area (Å²) in [5.74, 6) is 0.756. The molecule has 3 rings (SSSR count). The van der Waals surface area contributed by atoms with Gasteiger partial charge in [-0.2, -0.15) is 4.31 Å². The van der Waals surface area contributed by atoms with Crippen molar-refractivity contribution in [3.8, 4) is 11.5 Å². The quantitative estimate of drug-likeness (QED) is 0.738. The molecule has 1 saturated heterocycles. The molecule has 1 aromatic heterocycles. The molecule has 2 heterocycles. The number of ether oxygens (including phenoxy) is 2. The van der Waals surface area contributed by atoms with Crippen molar-refractivity contribution in [2.75, 3.05) is 27.3 Å². The summed E-state index contributed by atoms with van der Waals surface area (Å²) >= 11 is 1.13. The lowest BCUT2D eigenvalue weighted by Crippen LogP contribution is -2.31. The van der Waals surface area contributed by atoms with E-state index < -0.39 is 15.9 Å². The molecule has 9 heteroatoms. The Hall–Kier alpha value is -2.10. The molecule has 1 fully saturated rings. The first-order chi connectivity index (χ1) is 13.4. The van der Waals surface area contributed by atoms with E-state index in [1.165, 1.54) is 10.4 Å². The molecular weight excluding hydrogens is 400 g/mol. The highest BCUT2D eigenvalue weighted by Gasteiger charge is 2.32. The molecule has 1 aliphatic rings. The largest absolute Gasteiger partial charge is 0.493 e. The molecule has 1 amide bonds. The van der Waals surface area contributed by atoms with Gasteiger partial charge >= 0.3 is 0 Å². The monoisotopic (exact) mass is 424 g/mol. The molecular formula is C19H24N2O5S2. The van der Waals surface area contributed by atoms with Gasteiger partial charge in [0.25, 0.3) is 5.91 Å². The average molecular weight is 425 g/mol. The van der Waals surface area contributed by atoms with Crippen molar-refractivity contribution in [3.05, 3.63) is 40.1 Å². The number of hydrogen-bond donors (Lipinski definition) is 1.